The lowest BCUT2D eigenvalue weighted by Gasteiger charge is -2.22. The number of aliphatic imine (C=N–C) groups is 1. The molecule has 0 unspecified atom stereocenters. The number of benzene rings is 2. The highest BCUT2D eigenvalue weighted by Gasteiger charge is 2.12. The molecule has 2 N–H and O–H groups in total. The van der Waals surface area contributed by atoms with E-state index in [0.29, 0.717) is 30.6 Å². The predicted octanol–water partition coefficient (Wildman–Crippen LogP) is 3.67. The Kier molecular flexibility index (Phi) is 10.8. The maximum absolute atomic E-state index is 12.5. The molecule has 0 spiro atoms. The highest BCUT2D eigenvalue weighted by atomic mass is 127. The highest BCUT2D eigenvalue weighted by molar-refractivity contribution is 14.0. The van der Waals surface area contributed by atoms with E-state index in [4.69, 9.17) is 11.6 Å². The van der Waals surface area contributed by atoms with Gasteiger partial charge in [0.15, 0.2) is 5.96 Å². The van der Waals surface area contributed by atoms with Gasteiger partial charge in [-0.05, 0) is 24.1 Å². The predicted molar refractivity (Wildman–Crippen MR) is 123 cm³/mol. The van der Waals surface area contributed by atoms with E-state index in [-0.39, 0.29) is 36.4 Å². The van der Waals surface area contributed by atoms with Crippen LogP contribution in [0.3, 0.4) is 0 Å². The van der Waals surface area contributed by atoms with E-state index < -0.39 is 0 Å². The van der Waals surface area contributed by atoms with Crippen LogP contribution < -0.4 is 10.6 Å². The molecule has 0 aliphatic carbocycles. The molecular weight excluding hydrogens is 475 g/mol. The number of rotatable bonds is 7. The van der Waals surface area contributed by atoms with Crippen molar-refractivity contribution in [3.8, 4) is 0 Å². The van der Waals surface area contributed by atoms with Crippen molar-refractivity contribution in [1.29, 1.82) is 0 Å². The number of carbonyl (C=O) groups excluding carboxylic acids is 1. The van der Waals surface area contributed by atoms with Gasteiger partial charge < -0.3 is 15.5 Å². The Balaban J connectivity index is 0.00000364. The smallest absolute Gasteiger partial charge is 0.242 e. The summed E-state index contributed by atoms with van der Waals surface area (Å²) in [6.07, 6.45) is 0. The number of nitrogens with zero attached hydrogens (tertiary/aromatic N) is 2. The fraction of sp³-hybridized carbons (Fsp3) is 0.300. The molecule has 5 nitrogen and oxygen atoms in total. The molecule has 0 aliphatic heterocycles. The van der Waals surface area contributed by atoms with Crippen molar-refractivity contribution in [2.75, 3.05) is 20.1 Å². The topological polar surface area (TPSA) is 56.7 Å². The second-order valence-electron chi connectivity index (χ2n) is 5.76. The van der Waals surface area contributed by atoms with Crippen molar-refractivity contribution in [3.05, 3.63) is 70.7 Å². The minimum Gasteiger partial charge on any atom is -0.352 e. The molecule has 0 aliphatic rings. The lowest BCUT2D eigenvalue weighted by Crippen LogP contribution is -2.44. The SMILES string of the molecule is CCN(Cc1ccccc1)C(=O)CNC(=NC)NCc1ccccc1Cl.I. The summed E-state index contributed by atoms with van der Waals surface area (Å²) >= 11 is 6.15. The van der Waals surface area contributed by atoms with Gasteiger partial charge in [0.2, 0.25) is 5.91 Å². The Labute approximate surface area is 183 Å². The van der Waals surface area contributed by atoms with Crippen LogP contribution in [0, 0.1) is 0 Å². The first-order valence-electron chi connectivity index (χ1n) is 8.63. The van der Waals surface area contributed by atoms with Crippen molar-refractivity contribution < 1.29 is 4.79 Å². The third-order valence-electron chi connectivity index (χ3n) is 3.99. The first-order chi connectivity index (χ1) is 12.6. The third-order valence-corrected chi connectivity index (χ3v) is 4.35. The maximum atomic E-state index is 12.5. The van der Waals surface area contributed by atoms with Crippen LogP contribution >= 0.6 is 35.6 Å². The number of halogens is 2. The minimum atomic E-state index is 0. The highest BCUT2D eigenvalue weighted by Crippen LogP contribution is 2.14. The molecule has 0 radical (unpaired) electrons. The molecule has 0 atom stereocenters. The Morgan fingerprint density at radius 3 is 2.37 bits per heavy atom. The summed E-state index contributed by atoms with van der Waals surface area (Å²) < 4.78 is 0. The Morgan fingerprint density at radius 2 is 1.74 bits per heavy atom. The van der Waals surface area contributed by atoms with Crippen molar-refractivity contribution >= 4 is 47.4 Å². The summed E-state index contributed by atoms with van der Waals surface area (Å²) in [7, 11) is 1.67. The van der Waals surface area contributed by atoms with E-state index in [1.807, 2.05) is 66.4 Å². The number of amides is 1. The normalized spacial score (nSPS) is 10.7. The van der Waals surface area contributed by atoms with Crippen LogP contribution in [-0.4, -0.2) is 36.9 Å². The molecule has 2 aromatic carbocycles. The monoisotopic (exact) mass is 500 g/mol. The Morgan fingerprint density at radius 1 is 1.07 bits per heavy atom. The number of hydrogen-bond donors (Lipinski definition) is 2. The van der Waals surface area contributed by atoms with Gasteiger partial charge in [-0.25, -0.2) is 0 Å². The molecule has 0 saturated heterocycles. The first-order valence-corrected chi connectivity index (χ1v) is 9.01. The van der Waals surface area contributed by atoms with E-state index in [1.165, 1.54) is 0 Å². The van der Waals surface area contributed by atoms with E-state index in [9.17, 15) is 4.79 Å². The first kappa shape index (κ1) is 23.2. The molecule has 2 rings (SSSR count). The van der Waals surface area contributed by atoms with Crippen LogP contribution in [0.5, 0.6) is 0 Å². The minimum absolute atomic E-state index is 0. The number of guanidine groups is 1. The van der Waals surface area contributed by atoms with Crippen molar-refractivity contribution in [3.63, 3.8) is 0 Å². The summed E-state index contributed by atoms with van der Waals surface area (Å²) in [5.74, 6) is 0.589. The fourth-order valence-corrected chi connectivity index (χ4v) is 2.70. The molecule has 146 valence electrons. The molecular formula is C20H26ClIN4O. The Bertz CT molecular complexity index is 740. The van der Waals surface area contributed by atoms with Gasteiger partial charge in [-0.3, -0.25) is 9.79 Å². The summed E-state index contributed by atoms with van der Waals surface area (Å²) in [6, 6.07) is 17.6. The van der Waals surface area contributed by atoms with Crippen LogP contribution in [0.25, 0.3) is 0 Å². The molecule has 0 bridgehead atoms. The van der Waals surface area contributed by atoms with Crippen LogP contribution in [-0.2, 0) is 17.9 Å². The van der Waals surface area contributed by atoms with E-state index in [1.54, 1.807) is 7.05 Å². The number of nitrogens with one attached hydrogen (secondary N) is 2. The zero-order chi connectivity index (χ0) is 18.8. The van der Waals surface area contributed by atoms with Gasteiger partial charge in [-0.2, -0.15) is 0 Å². The van der Waals surface area contributed by atoms with Crippen LogP contribution in [0.15, 0.2) is 59.6 Å². The standard InChI is InChI=1S/C20H25ClN4O.HI/c1-3-25(15-16-9-5-4-6-10-16)19(26)14-24-20(22-2)23-13-17-11-7-8-12-18(17)21;/h4-12H,3,13-15H2,1-2H3,(H2,22,23,24);1H. The molecule has 0 aromatic heterocycles. The fourth-order valence-electron chi connectivity index (χ4n) is 2.49. The summed E-state index contributed by atoms with van der Waals surface area (Å²) in [5.41, 5.74) is 2.09. The van der Waals surface area contributed by atoms with Crippen LogP contribution in [0.2, 0.25) is 5.02 Å². The van der Waals surface area contributed by atoms with Crippen LogP contribution in [0.1, 0.15) is 18.1 Å². The zero-order valence-electron chi connectivity index (χ0n) is 15.6. The zero-order valence-corrected chi connectivity index (χ0v) is 18.7. The van der Waals surface area contributed by atoms with Gasteiger partial charge in [-0.15, -0.1) is 24.0 Å². The van der Waals surface area contributed by atoms with Gasteiger partial charge in [0.05, 0.1) is 6.54 Å². The second-order valence-corrected chi connectivity index (χ2v) is 6.17. The third kappa shape index (κ3) is 7.76. The molecule has 1 amide bonds. The molecule has 2 aromatic rings. The largest absolute Gasteiger partial charge is 0.352 e. The van der Waals surface area contributed by atoms with Crippen molar-refractivity contribution in [2.45, 2.75) is 20.0 Å². The summed E-state index contributed by atoms with van der Waals surface area (Å²) in [4.78, 5) is 18.5. The average molecular weight is 501 g/mol. The lowest BCUT2D eigenvalue weighted by molar-refractivity contribution is -0.130. The van der Waals surface area contributed by atoms with Gasteiger partial charge in [0.1, 0.15) is 0 Å². The molecule has 7 heteroatoms. The van der Waals surface area contributed by atoms with Crippen molar-refractivity contribution in [2.24, 2.45) is 4.99 Å². The molecule has 27 heavy (non-hydrogen) atoms. The van der Waals surface area contributed by atoms with Gasteiger partial charge in [0.25, 0.3) is 0 Å². The van der Waals surface area contributed by atoms with Crippen LogP contribution in [0.4, 0.5) is 0 Å². The summed E-state index contributed by atoms with van der Waals surface area (Å²) in [5, 5.41) is 6.94. The Hall–Kier alpha value is -1.80. The lowest BCUT2D eigenvalue weighted by atomic mass is 10.2. The van der Waals surface area contributed by atoms with Crippen molar-refractivity contribution in [1.82, 2.24) is 15.5 Å². The number of likely N-dealkylation sites (N-methyl/N-ethyl adjacent to an activating group) is 1. The number of carbonyl (C=O) groups is 1. The molecule has 0 saturated carbocycles. The van der Waals surface area contributed by atoms with Gasteiger partial charge in [-0.1, -0.05) is 60.1 Å². The summed E-state index contributed by atoms with van der Waals surface area (Å²) in [6.45, 7) is 3.95. The molecule has 0 heterocycles. The number of hydrogen-bond acceptors (Lipinski definition) is 2. The second kappa shape index (κ2) is 12.6. The molecule has 0 fully saturated rings. The van der Waals surface area contributed by atoms with E-state index in [0.717, 1.165) is 11.1 Å². The van der Waals surface area contributed by atoms with Gasteiger partial charge in [0, 0.05) is 31.7 Å². The van der Waals surface area contributed by atoms with E-state index >= 15 is 0 Å². The average Bonchev–Trinajstić information content (AvgIpc) is 2.68. The van der Waals surface area contributed by atoms with E-state index in [2.05, 4.69) is 15.6 Å². The quantitative estimate of drug-likeness (QED) is 0.346. The maximum Gasteiger partial charge on any atom is 0.242 e. The van der Waals surface area contributed by atoms with Gasteiger partial charge >= 0.3 is 0 Å².